The fourth-order valence-electron chi connectivity index (χ4n) is 2.61. The summed E-state index contributed by atoms with van der Waals surface area (Å²) >= 11 is 1.74. The number of carboxylic acids is 1. The van der Waals surface area contributed by atoms with Gasteiger partial charge in [0.25, 0.3) is 0 Å². The summed E-state index contributed by atoms with van der Waals surface area (Å²) in [5, 5.41) is 12.1. The molecule has 6 heteroatoms. The highest BCUT2D eigenvalue weighted by molar-refractivity contribution is 7.99. The van der Waals surface area contributed by atoms with Crippen LogP contribution in [-0.4, -0.2) is 46.7 Å². The van der Waals surface area contributed by atoms with Crippen molar-refractivity contribution in [2.24, 2.45) is 0 Å². The van der Waals surface area contributed by atoms with Gasteiger partial charge in [-0.2, -0.15) is 11.8 Å². The van der Waals surface area contributed by atoms with Gasteiger partial charge >= 0.3 is 5.97 Å². The van der Waals surface area contributed by atoms with Crippen molar-refractivity contribution in [2.75, 3.05) is 18.1 Å². The Labute approximate surface area is 117 Å². The van der Waals surface area contributed by atoms with Crippen LogP contribution in [0.25, 0.3) is 0 Å². The molecule has 2 fully saturated rings. The van der Waals surface area contributed by atoms with Crippen molar-refractivity contribution >= 4 is 23.6 Å². The molecule has 0 aromatic carbocycles. The van der Waals surface area contributed by atoms with E-state index in [0.717, 1.165) is 30.8 Å². The molecule has 0 spiro atoms. The first-order valence-corrected chi connectivity index (χ1v) is 8.02. The Morgan fingerprint density at radius 1 is 1.32 bits per heavy atom. The van der Waals surface area contributed by atoms with E-state index in [2.05, 4.69) is 5.32 Å². The molecule has 1 unspecified atom stereocenters. The standard InChI is InChI=1S/C13H21NO4S/c15-11(9-10-3-1-2-6-18-10)14-13(12(16)17)4-7-19-8-5-13/h10H,1-9H2,(H,14,15)(H,16,17). The van der Waals surface area contributed by atoms with Crippen LogP contribution >= 0.6 is 11.8 Å². The van der Waals surface area contributed by atoms with Crippen molar-refractivity contribution in [3.05, 3.63) is 0 Å². The van der Waals surface area contributed by atoms with E-state index >= 15 is 0 Å². The molecule has 2 N–H and O–H groups in total. The van der Waals surface area contributed by atoms with Crippen LogP contribution in [0.4, 0.5) is 0 Å². The third-order valence-corrected chi connectivity index (χ3v) is 4.81. The number of rotatable bonds is 4. The molecule has 2 aliphatic rings. The van der Waals surface area contributed by atoms with Crippen molar-refractivity contribution in [1.82, 2.24) is 5.32 Å². The number of carboxylic acid groups (broad SMARTS) is 1. The molecule has 5 nitrogen and oxygen atoms in total. The summed E-state index contributed by atoms with van der Waals surface area (Å²) in [7, 11) is 0. The number of ether oxygens (including phenoxy) is 1. The minimum absolute atomic E-state index is 0.0439. The van der Waals surface area contributed by atoms with Crippen LogP contribution < -0.4 is 5.32 Å². The van der Waals surface area contributed by atoms with E-state index in [1.165, 1.54) is 0 Å². The highest BCUT2D eigenvalue weighted by Gasteiger charge is 2.41. The lowest BCUT2D eigenvalue weighted by Crippen LogP contribution is -2.57. The third-order valence-electron chi connectivity index (χ3n) is 3.82. The quantitative estimate of drug-likeness (QED) is 0.817. The molecule has 2 heterocycles. The Hall–Kier alpha value is -0.750. The molecule has 0 aromatic rings. The minimum atomic E-state index is -1.06. The average molecular weight is 287 g/mol. The summed E-state index contributed by atoms with van der Waals surface area (Å²) in [5.74, 6) is 0.464. The number of amides is 1. The lowest BCUT2D eigenvalue weighted by molar-refractivity contribution is -0.148. The number of thioether (sulfide) groups is 1. The Bertz CT molecular complexity index is 336. The Balaban J connectivity index is 1.89. The van der Waals surface area contributed by atoms with Gasteiger partial charge < -0.3 is 15.2 Å². The summed E-state index contributed by atoms with van der Waals surface area (Å²) < 4.78 is 5.52. The molecular weight excluding hydrogens is 266 g/mol. The van der Waals surface area contributed by atoms with Crippen LogP contribution in [0.5, 0.6) is 0 Å². The molecule has 0 bridgehead atoms. The minimum Gasteiger partial charge on any atom is -0.480 e. The first-order valence-electron chi connectivity index (χ1n) is 6.86. The van der Waals surface area contributed by atoms with Gasteiger partial charge in [-0.3, -0.25) is 4.79 Å². The van der Waals surface area contributed by atoms with Crippen molar-refractivity contribution in [2.45, 2.75) is 50.2 Å². The van der Waals surface area contributed by atoms with Gasteiger partial charge in [-0.05, 0) is 43.6 Å². The maximum absolute atomic E-state index is 12.0. The van der Waals surface area contributed by atoms with Crippen LogP contribution in [0.15, 0.2) is 0 Å². The monoisotopic (exact) mass is 287 g/mol. The van der Waals surface area contributed by atoms with Crippen LogP contribution in [0.1, 0.15) is 38.5 Å². The van der Waals surface area contributed by atoms with E-state index in [-0.39, 0.29) is 18.4 Å². The number of carbonyl (C=O) groups excluding carboxylic acids is 1. The molecule has 2 rings (SSSR count). The number of nitrogens with one attached hydrogen (secondary N) is 1. The fourth-order valence-corrected chi connectivity index (χ4v) is 3.79. The first kappa shape index (κ1) is 14.7. The van der Waals surface area contributed by atoms with E-state index in [0.29, 0.717) is 19.4 Å². The second-order valence-corrected chi connectivity index (χ2v) is 6.47. The van der Waals surface area contributed by atoms with Crippen molar-refractivity contribution in [3.63, 3.8) is 0 Å². The average Bonchev–Trinajstić information content (AvgIpc) is 2.40. The number of aliphatic carboxylic acids is 1. The van der Waals surface area contributed by atoms with Gasteiger partial charge in [0.2, 0.25) is 5.91 Å². The molecule has 2 aliphatic heterocycles. The van der Waals surface area contributed by atoms with Gasteiger partial charge in [-0.15, -0.1) is 0 Å². The zero-order valence-corrected chi connectivity index (χ0v) is 11.8. The molecule has 19 heavy (non-hydrogen) atoms. The summed E-state index contributed by atoms with van der Waals surface area (Å²) in [6.07, 6.45) is 4.27. The molecule has 2 saturated heterocycles. The zero-order chi connectivity index (χ0) is 13.7. The molecule has 0 radical (unpaired) electrons. The fraction of sp³-hybridized carbons (Fsp3) is 0.846. The largest absolute Gasteiger partial charge is 0.480 e. The van der Waals surface area contributed by atoms with E-state index in [1.54, 1.807) is 11.8 Å². The number of hydrogen-bond acceptors (Lipinski definition) is 4. The second-order valence-electron chi connectivity index (χ2n) is 5.24. The van der Waals surface area contributed by atoms with Gasteiger partial charge in [0, 0.05) is 6.61 Å². The highest BCUT2D eigenvalue weighted by Crippen LogP contribution is 2.28. The van der Waals surface area contributed by atoms with E-state index < -0.39 is 11.5 Å². The number of hydrogen-bond donors (Lipinski definition) is 2. The molecule has 1 atom stereocenters. The maximum Gasteiger partial charge on any atom is 0.329 e. The second kappa shape index (κ2) is 6.61. The van der Waals surface area contributed by atoms with E-state index in [4.69, 9.17) is 4.74 Å². The van der Waals surface area contributed by atoms with Crippen molar-refractivity contribution in [1.29, 1.82) is 0 Å². The lowest BCUT2D eigenvalue weighted by atomic mass is 9.91. The predicted molar refractivity (Wildman–Crippen MR) is 73.3 cm³/mol. The van der Waals surface area contributed by atoms with Crippen LogP contribution in [0.3, 0.4) is 0 Å². The van der Waals surface area contributed by atoms with Crippen LogP contribution in [0.2, 0.25) is 0 Å². The van der Waals surface area contributed by atoms with Crippen LogP contribution in [-0.2, 0) is 14.3 Å². The normalized spacial score (nSPS) is 26.6. The first-order chi connectivity index (χ1) is 9.12. The molecule has 108 valence electrons. The molecule has 1 amide bonds. The summed E-state index contributed by atoms with van der Waals surface area (Å²) in [4.78, 5) is 23.5. The van der Waals surface area contributed by atoms with E-state index in [9.17, 15) is 14.7 Å². The highest BCUT2D eigenvalue weighted by atomic mass is 32.2. The summed E-state index contributed by atoms with van der Waals surface area (Å²) in [6.45, 7) is 0.707. The van der Waals surface area contributed by atoms with Gasteiger partial charge in [-0.1, -0.05) is 0 Å². The Kier molecular flexibility index (Phi) is 5.10. The van der Waals surface area contributed by atoms with Crippen molar-refractivity contribution in [3.8, 4) is 0 Å². The van der Waals surface area contributed by atoms with Gasteiger partial charge in [0.05, 0.1) is 12.5 Å². The number of carbonyl (C=O) groups is 2. The Morgan fingerprint density at radius 2 is 2.05 bits per heavy atom. The van der Waals surface area contributed by atoms with Crippen molar-refractivity contribution < 1.29 is 19.4 Å². The zero-order valence-electron chi connectivity index (χ0n) is 11.0. The topological polar surface area (TPSA) is 75.6 Å². The maximum atomic E-state index is 12.0. The predicted octanol–water partition coefficient (Wildman–Crippen LogP) is 1.41. The molecule has 0 saturated carbocycles. The summed E-state index contributed by atoms with van der Waals surface area (Å²) in [6, 6.07) is 0. The molecule has 0 aromatic heterocycles. The summed E-state index contributed by atoms with van der Waals surface area (Å²) in [5.41, 5.74) is -1.06. The SMILES string of the molecule is O=C(CC1CCCCO1)NC1(C(=O)O)CCSCC1. The molecule has 0 aliphatic carbocycles. The smallest absolute Gasteiger partial charge is 0.329 e. The van der Waals surface area contributed by atoms with E-state index in [1.807, 2.05) is 0 Å². The van der Waals surface area contributed by atoms with Gasteiger partial charge in [0.15, 0.2) is 0 Å². The Morgan fingerprint density at radius 3 is 2.63 bits per heavy atom. The van der Waals surface area contributed by atoms with Gasteiger partial charge in [0.1, 0.15) is 5.54 Å². The molecular formula is C13H21NO4S. The van der Waals surface area contributed by atoms with Gasteiger partial charge in [-0.25, -0.2) is 4.79 Å². The lowest BCUT2D eigenvalue weighted by Gasteiger charge is -2.34. The third kappa shape index (κ3) is 3.86. The van der Waals surface area contributed by atoms with Crippen LogP contribution in [0, 0.1) is 0 Å².